The summed E-state index contributed by atoms with van der Waals surface area (Å²) in [6.07, 6.45) is 9.81. The highest BCUT2D eigenvalue weighted by atomic mass is 32.2. The Morgan fingerprint density at radius 3 is 2.29 bits per heavy atom. The van der Waals surface area contributed by atoms with Crippen LogP contribution in [0.2, 0.25) is 0 Å². The summed E-state index contributed by atoms with van der Waals surface area (Å²) in [5, 5.41) is 0. The van der Waals surface area contributed by atoms with Gasteiger partial charge in [-0.05, 0) is 30.4 Å². The summed E-state index contributed by atoms with van der Waals surface area (Å²) in [4.78, 5) is 1.31. The van der Waals surface area contributed by atoms with Gasteiger partial charge in [-0.25, -0.2) is 0 Å². The molecule has 1 aromatic carbocycles. The molecule has 17 heavy (non-hydrogen) atoms. The molecule has 2 N–H and O–H groups in total. The van der Waals surface area contributed by atoms with Crippen molar-refractivity contribution in [1.82, 2.24) is 0 Å². The zero-order valence-corrected chi connectivity index (χ0v) is 11.9. The van der Waals surface area contributed by atoms with Crippen molar-refractivity contribution >= 4 is 11.8 Å². The Bertz CT molecular complexity index is 294. The maximum absolute atomic E-state index is 6.19. The molecule has 0 saturated heterocycles. The van der Waals surface area contributed by atoms with Gasteiger partial charge in [0.15, 0.2) is 0 Å². The number of nitrogens with two attached hydrogens (primary N) is 1. The van der Waals surface area contributed by atoms with E-state index in [9.17, 15) is 0 Å². The molecule has 0 aliphatic rings. The van der Waals surface area contributed by atoms with E-state index in [-0.39, 0.29) is 6.04 Å². The van der Waals surface area contributed by atoms with Gasteiger partial charge in [-0.1, -0.05) is 51.2 Å². The van der Waals surface area contributed by atoms with Gasteiger partial charge in [0.05, 0.1) is 0 Å². The van der Waals surface area contributed by atoms with Gasteiger partial charge in [0.1, 0.15) is 0 Å². The van der Waals surface area contributed by atoms with E-state index in [4.69, 9.17) is 5.73 Å². The standard InChI is InChI=1S/C15H25NS/c1-3-4-5-6-7-8-15(16)13-9-11-14(17-2)12-10-13/h9-12,15H,3-8,16H2,1-2H3. The van der Waals surface area contributed by atoms with Gasteiger partial charge in [-0.2, -0.15) is 0 Å². The lowest BCUT2D eigenvalue weighted by Gasteiger charge is -2.12. The predicted octanol–water partition coefficient (Wildman–Crippen LogP) is 4.77. The van der Waals surface area contributed by atoms with Crippen molar-refractivity contribution in [2.45, 2.75) is 56.4 Å². The van der Waals surface area contributed by atoms with Crippen molar-refractivity contribution in [3.05, 3.63) is 29.8 Å². The van der Waals surface area contributed by atoms with E-state index in [1.54, 1.807) is 11.8 Å². The number of hydrogen-bond donors (Lipinski definition) is 1. The first-order valence-electron chi connectivity index (χ1n) is 6.67. The van der Waals surface area contributed by atoms with Crippen molar-refractivity contribution in [3.63, 3.8) is 0 Å². The smallest absolute Gasteiger partial charge is 0.0294 e. The van der Waals surface area contributed by atoms with Gasteiger partial charge < -0.3 is 5.73 Å². The van der Waals surface area contributed by atoms with Gasteiger partial charge in [-0.15, -0.1) is 11.8 Å². The average molecular weight is 251 g/mol. The first kappa shape index (κ1) is 14.6. The summed E-state index contributed by atoms with van der Waals surface area (Å²) >= 11 is 1.78. The molecule has 0 heterocycles. The number of hydrogen-bond acceptors (Lipinski definition) is 2. The molecular formula is C15H25NS. The third-order valence-electron chi connectivity index (χ3n) is 3.16. The molecule has 1 unspecified atom stereocenters. The van der Waals surface area contributed by atoms with E-state index >= 15 is 0 Å². The molecule has 0 amide bonds. The third kappa shape index (κ3) is 5.60. The van der Waals surface area contributed by atoms with Crippen LogP contribution in [0.5, 0.6) is 0 Å². The van der Waals surface area contributed by atoms with Crippen LogP contribution in [0.1, 0.15) is 57.1 Å². The number of rotatable bonds is 8. The molecule has 1 atom stereocenters. The second-order valence-electron chi connectivity index (χ2n) is 4.58. The van der Waals surface area contributed by atoms with E-state index in [1.807, 2.05) is 0 Å². The van der Waals surface area contributed by atoms with Crippen LogP contribution < -0.4 is 5.73 Å². The Morgan fingerprint density at radius 1 is 1.06 bits per heavy atom. The summed E-state index contributed by atoms with van der Waals surface area (Å²) in [7, 11) is 0. The van der Waals surface area contributed by atoms with E-state index < -0.39 is 0 Å². The van der Waals surface area contributed by atoms with Crippen molar-refractivity contribution < 1.29 is 0 Å². The van der Waals surface area contributed by atoms with Gasteiger partial charge >= 0.3 is 0 Å². The van der Waals surface area contributed by atoms with Crippen molar-refractivity contribution in [2.24, 2.45) is 5.73 Å². The molecule has 1 rings (SSSR count). The van der Waals surface area contributed by atoms with Crippen LogP contribution in [0.4, 0.5) is 0 Å². The Balaban J connectivity index is 2.28. The van der Waals surface area contributed by atoms with E-state index in [0.29, 0.717) is 0 Å². The predicted molar refractivity (Wildman–Crippen MR) is 78.5 cm³/mol. The van der Waals surface area contributed by atoms with Gasteiger partial charge in [0, 0.05) is 10.9 Å². The fraction of sp³-hybridized carbons (Fsp3) is 0.600. The Kier molecular flexibility index (Phi) is 7.38. The third-order valence-corrected chi connectivity index (χ3v) is 3.91. The molecule has 0 aromatic heterocycles. The van der Waals surface area contributed by atoms with Gasteiger partial charge in [0.25, 0.3) is 0 Å². The van der Waals surface area contributed by atoms with Crippen molar-refractivity contribution in [1.29, 1.82) is 0 Å². The van der Waals surface area contributed by atoms with Crippen molar-refractivity contribution in [2.75, 3.05) is 6.26 Å². The van der Waals surface area contributed by atoms with Crippen LogP contribution in [0.3, 0.4) is 0 Å². The lowest BCUT2D eigenvalue weighted by atomic mass is 10.0. The molecule has 1 nitrogen and oxygen atoms in total. The maximum atomic E-state index is 6.19. The zero-order valence-electron chi connectivity index (χ0n) is 11.1. The summed E-state index contributed by atoms with van der Waals surface area (Å²) < 4.78 is 0. The first-order valence-corrected chi connectivity index (χ1v) is 7.90. The molecule has 0 aliphatic heterocycles. The Morgan fingerprint density at radius 2 is 1.71 bits per heavy atom. The largest absolute Gasteiger partial charge is 0.324 e. The number of unbranched alkanes of at least 4 members (excludes halogenated alkanes) is 4. The molecule has 0 aliphatic carbocycles. The second kappa shape index (κ2) is 8.60. The molecule has 0 fully saturated rings. The van der Waals surface area contributed by atoms with E-state index in [0.717, 1.165) is 6.42 Å². The minimum absolute atomic E-state index is 0.215. The van der Waals surface area contributed by atoms with Crippen LogP contribution in [0.25, 0.3) is 0 Å². The minimum atomic E-state index is 0.215. The second-order valence-corrected chi connectivity index (χ2v) is 5.46. The highest BCUT2D eigenvalue weighted by molar-refractivity contribution is 7.98. The molecular weight excluding hydrogens is 226 g/mol. The summed E-state index contributed by atoms with van der Waals surface area (Å²) in [6, 6.07) is 8.88. The van der Waals surface area contributed by atoms with Gasteiger partial charge in [-0.3, -0.25) is 0 Å². The lowest BCUT2D eigenvalue weighted by molar-refractivity contribution is 0.555. The molecule has 0 spiro atoms. The quantitative estimate of drug-likeness (QED) is 0.532. The lowest BCUT2D eigenvalue weighted by Crippen LogP contribution is -2.09. The molecule has 0 saturated carbocycles. The van der Waals surface area contributed by atoms with Crippen LogP contribution in [-0.2, 0) is 0 Å². The highest BCUT2D eigenvalue weighted by Gasteiger charge is 2.05. The summed E-state index contributed by atoms with van der Waals surface area (Å²) in [5.41, 5.74) is 7.47. The number of thioether (sulfide) groups is 1. The van der Waals surface area contributed by atoms with Crippen LogP contribution in [0.15, 0.2) is 29.2 Å². The van der Waals surface area contributed by atoms with E-state index in [1.165, 1.54) is 42.6 Å². The maximum Gasteiger partial charge on any atom is 0.0294 e. The highest BCUT2D eigenvalue weighted by Crippen LogP contribution is 2.21. The molecule has 0 bridgehead atoms. The fourth-order valence-electron chi connectivity index (χ4n) is 1.99. The van der Waals surface area contributed by atoms with Gasteiger partial charge in [0.2, 0.25) is 0 Å². The average Bonchev–Trinajstić information content (AvgIpc) is 2.38. The minimum Gasteiger partial charge on any atom is -0.324 e. The van der Waals surface area contributed by atoms with Crippen LogP contribution in [0, 0.1) is 0 Å². The van der Waals surface area contributed by atoms with E-state index in [2.05, 4.69) is 37.4 Å². The van der Waals surface area contributed by atoms with Crippen molar-refractivity contribution in [3.8, 4) is 0 Å². The Labute approximate surface area is 110 Å². The SMILES string of the molecule is CCCCCCCC(N)c1ccc(SC)cc1. The molecule has 1 aromatic rings. The summed E-state index contributed by atoms with van der Waals surface area (Å²) in [6.45, 7) is 2.25. The summed E-state index contributed by atoms with van der Waals surface area (Å²) in [5.74, 6) is 0. The monoisotopic (exact) mass is 251 g/mol. The first-order chi connectivity index (χ1) is 8.27. The fourth-order valence-corrected chi connectivity index (χ4v) is 2.39. The number of benzene rings is 1. The topological polar surface area (TPSA) is 26.0 Å². The van der Waals surface area contributed by atoms with Crippen LogP contribution >= 0.6 is 11.8 Å². The zero-order chi connectivity index (χ0) is 12.5. The normalized spacial score (nSPS) is 12.6. The molecule has 96 valence electrons. The molecule has 0 radical (unpaired) electrons. The van der Waals surface area contributed by atoms with Crippen LogP contribution in [-0.4, -0.2) is 6.26 Å². The molecule has 2 heteroatoms. The Hall–Kier alpha value is -0.470.